The summed E-state index contributed by atoms with van der Waals surface area (Å²) in [4.78, 5) is 0. The Labute approximate surface area is 97.8 Å². The van der Waals surface area contributed by atoms with Gasteiger partial charge in [-0.3, -0.25) is 0 Å². The number of nitrogens with one attached hydrogen (secondary N) is 1. The molecule has 0 saturated heterocycles. The van der Waals surface area contributed by atoms with Crippen LogP contribution in [0.4, 0.5) is 5.69 Å². The number of hydrogen-bond donors (Lipinski definition) is 1. The highest BCUT2D eigenvalue weighted by molar-refractivity contribution is 5.46. The number of ether oxygens (including phenoxy) is 2. The Morgan fingerprint density at radius 3 is 2.88 bits per heavy atom. The van der Waals surface area contributed by atoms with Crippen molar-refractivity contribution in [3.05, 3.63) is 29.8 Å². The Bertz CT molecular complexity index is 302. The van der Waals surface area contributed by atoms with Gasteiger partial charge in [0.25, 0.3) is 0 Å². The zero-order chi connectivity index (χ0) is 11.8. The van der Waals surface area contributed by atoms with Gasteiger partial charge in [0.15, 0.2) is 0 Å². The van der Waals surface area contributed by atoms with Gasteiger partial charge in [-0.25, -0.2) is 0 Å². The summed E-state index contributed by atoms with van der Waals surface area (Å²) < 4.78 is 10.5. The van der Waals surface area contributed by atoms with E-state index in [-0.39, 0.29) is 0 Å². The molecule has 0 saturated carbocycles. The summed E-state index contributed by atoms with van der Waals surface area (Å²) in [6.07, 6.45) is 0. The molecule has 0 aliphatic heterocycles. The van der Waals surface area contributed by atoms with Crippen LogP contribution >= 0.6 is 0 Å². The molecule has 3 nitrogen and oxygen atoms in total. The maximum Gasteiger partial charge on any atom is 0.0717 e. The number of hydrogen-bond acceptors (Lipinski definition) is 3. The molecule has 0 fully saturated rings. The van der Waals surface area contributed by atoms with E-state index in [0.717, 1.165) is 12.3 Å². The van der Waals surface area contributed by atoms with Crippen LogP contribution in [-0.4, -0.2) is 26.4 Å². The van der Waals surface area contributed by atoms with Crippen LogP contribution in [-0.2, 0) is 16.1 Å². The third kappa shape index (κ3) is 4.64. The molecule has 90 valence electrons. The van der Waals surface area contributed by atoms with E-state index in [4.69, 9.17) is 9.47 Å². The number of rotatable bonds is 7. The molecule has 0 heterocycles. The number of anilines is 1. The molecule has 1 atom stereocenters. The summed E-state index contributed by atoms with van der Waals surface area (Å²) in [5, 5.41) is 3.38. The maximum atomic E-state index is 5.37. The summed E-state index contributed by atoms with van der Waals surface area (Å²) in [5.41, 5.74) is 2.30. The van der Waals surface area contributed by atoms with E-state index in [0.29, 0.717) is 19.3 Å². The van der Waals surface area contributed by atoms with Crippen molar-refractivity contribution in [2.45, 2.75) is 26.5 Å². The van der Waals surface area contributed by atoms with Gasteiger partial charge in [0.05, 0.1) is 13.2 Å². The van der Waals surface area contributed by atoms with Crippen LogP contribution < -0.4 is 5.32 Å². The summed E-state index contributed by atoms with van der Waals surface area (Å²) in [6.45, 7) is 6.22. The Morgan fingerprint density at radius 1 is 1.38 bits per heavy atom. The lowest BCUT2D eigenvalue weighted by atomic mass is 10.2. The zero-order valence-corrected chi connectivity index (χ0v) is 10.3. The zero-order valence-electron chi connectivity index (χ0n) is 10.3. The van der Waals surface area contributed by atoms with Crippen molar-refractivity contribution in [2.75, 3.05) is 25.6 Å². The summed E-state index contributed by atoms with van der Waals surface area (Å²) >= 11 is 0. The molecule has 16 heavy (non-hydrogen) atoms. The van der Waals surface area contributed by atoms with E-state index in [9.17, 15) is 0 Å². The topological polar surface area (TPSA) is 30.5 Å². The van der Waals surface area contributed by atoms with E-state index in [1.807, 2.05) is 13.0 Å². The quantitative estimate of drug-likeness (QED) is 0.771. The largest absolute Gasteiger partial charge is 0.383 e. The van der Waals surface area contributed by atoms with Crippen LogP contribution in [0.3, 0.4) is 0 Å². The van der Waals surface area contributed by atoms with Gasteiger partial charge in [-0.1, -0.05) is 12.1 Å². The Hall–Kier alpha value is -1.06. The predicted octanol–water partition coefficient (Wildman–Crippen LogP) is 2.67. The standard InChI is InChI=1S/C13H21NO2/c1-4-16-10-12-6-5-7-13(8-12)14-11(2)9-15-3/h5-8,11,14H,4,9-10H2,1-3H3. The van der Waals surface area contributed by atoms with Gasteiger partial charge in [-0.2, -0.15) is 0 Å². The summed E-state index contributed by atoms with van der Waals surface area (Å²) in [7, 11) is 1.71. The highest BCUT2D eigenvalue weighted by atomic mass is 16.5. The van der Waals surface area contributed by atoms with Gasteiger partial charge in [-0.05, 0) is 31.5 Å². The van der Waals surface area contributed by atoms with Gasteiger partial charge >= 0.3 is 0 Å². The Balaban J connectivity index is 2.52. The summed E-state index contributed by atoms with van der Waals surface area (Å²) in [6, 6.07) is 8.59. The van der Waals surface area contributed by atoms with E-state index in [2.05, 4.69) is 30.4 Å². The molecule has 0 amide bonds. The van der Waals surface area contributed by atoms with Crippen molar-refractivity contribution in [2.24, 2.45) is 0 Å². The van der Waals surface area contributed by atoms with Crippen molar-refractivity contribution >= 4 is 5.69 Å². The third-order valence-corrected chi connectivity index (χ3v) is 2.23. The molecular weight excluding hydrogens is 202 g/mol. The number of benzene rings is 1. The number of methoxy groups -OCH3 is 1. The second-order valence-corrected chi connectivity index (χ2v) is 3.84. The molecule has 3 heteroatoms. The third-order valence-electron chi connectivity index (χ3n) is 2.23. The van der Waals surface area contributed by atoms with E-state index < -0.39 is 0 Å². The SMILES string of the molecule is CCOCc1cccc(NC(C)COC)c1. The van der Waals surface area contributed by atoms with Gasteiger partial charge < -0.3 is 14.8 Å². The fourth-order valence-corrected chi connectivity index (χ4v) is 1.55. The van der Waals surface area contributed by atoms with E-state index in [1.54, 1.807) is 7.11 Å². The van der Waals surface area contributed by atoms with Crippen LogP contribution in [0.15, 0.2) is 24.3 Å². The lowest BCUT2D eigenvalue weighted by Crippen LogP contribution is -2.20. The first-order valence-electron chi connectivity index (χ1n) is 5.68. The maximum absolute atomic E-state index is 5.37. The van der Waals surface area contributed by atoms with Crippen LogP contribution in [0.2, 0.25) is 0 Å². The monoisotopic (exact) mass is 223 g/mol. The van der Waals surface area contributed by atoms with Gasteiger partial charge in [0.2, 0.25) is 0 Å². The fraction of sp³-hybridized carbons (Fsp3) is 0.538. The first kappa shape index (κ1) is 13.0. The first-order chi connectivity index (χ1) is 7.76. The van der Waals surface area contributed by atoms with Crippen molar-refractivity contribution in [1.29, 1.82) is 0 Å². The lowest BCUT2D eigenvalue weighted by Gasteiger charge is -2.14. The molecule has 0 aliphatic rings. The molecule has 0 aliphatic carbocycles. The first-order valence-corrected chi connectivity index (χ1v) is 5.68. The van der Waals surface area contributed by atoms with Gasteiger partial charge in [0.1, 0.15) is 0 Å². The fourth-order valence-electron chi connectivity index (χ4n) is 1.55. The molecule has 1 aromatic carbocycles. The van der Waals surface area contributed by atoms with Gasteiger partial charge in [-0.15, -0.1) is 0 Å². The molecule has 0 radical (unpaired) electrons. The molecular formula is C13H21NO2. The average molecular weight is 223 g/mol. The van der Waals surface area contributed by atoms with E-state index >= 15 is 0 Å². The lowest BCUT2D eigenvalue weighted by molar-refractivity contribution is 0.134. The van der Waals surface area contributed by atoms with Crippen molar-refractivity contribution in [3.63, 3.8) is 0 Å². The minimum atomic E-state index is 0.312. The molecule has 0 aromatic heterocycles. The molecule has 0 bridgehead atoms. The Kier molecular flexibility index (Phi) is 5.90. The Morgan fingerprint density at radius 2 is 2.19 bits per heavy atom. The van der Waals surface area contributed by atoms with Crippen LogP contribution in [0.1, 0.15) is 19.4 Å². The average Bonchev–Trinajstić information content (AvgIpc) is 2.27. The molecule has 1 aromatic rings. The highest BCUT2D eigenvalue weighted by Gasteiger charge is 2.01. The van der Waals surface area contributed by atoms with E-state index in [1.165, 1.54) is 5.56 Å². The van der Waals surface area contributed by atoms with Gasteiger partial charge in [0, 0.05) is 25.4 Å². The second-order valence-electron chi connectivity index (χ2n) is 3.84. The smallest absolute Gasteiger partial charge is 0.0717 e. The van der Waals surface area contributed by atoms with Crippen molar-refractivity contribution < 1.29 is 9.47 Å². The van der Waals surface area contributed by atoms with Crippen LogP contribution in [0.25, 0.3) is 0 Å². The highest BCUT2D eigenvalue weighted by Crippen LogP contribution is 2.12. The van der Waals surface area contributed by atoms with Crippen molar-refractivity contribution in [1.82, 2.24) is 0 Å². The molecule has 0 spiro atoms. The minimum Gasteiger partial charge on any atom is -0.383 e. The molecule has 1 rings (SSSR count). The second kappa shape index (κ2) is 7.25. The predicted molar refractivity (Wildman–Crippen MR) is 66.7 cm³/mol. The van der Waals surface area contributed by atoms with Crippen LogP contribution in [0, 0.1) is 0 Å². The summed E-state index contributed by atoms with van der Waals surface area (Å²) in [5.74, 6) is 0. The van der Waals surface area contributed by atoms with Crippen LogP contribution in [0.5, 0.6) is 0 Å². The van der Waals surface area contributed by atoms with Crippen molar-refractivity contribution in [3.8, 4) is 0 Å². The molecule has 1 N–H and O–H groups in total. The normalized spacial score (nSPS) is 12.4. The molecule has 1 unspecified atom stereocenters. The minimum absolute atomic E-state index is 0.312.